The Morgan fingerprint density at radius 2 is 2.21 bits per heavy atom. The van der Waals surface area contributed by atoms with Crippen LogP contribution in [0.25, 0.3) is 0 Å². The number of aliphatic imine (C=N–C) groups is 1. The number of amides is 2. The summed E-state index contributed by atoms with van der Waals surface area (Å²) in [5.41, 5.74) is -0.593. The van der Waals surface area contributed by atoms with Crippen molar-refractivity contribution < 1.29 is 29.0 Å². The van der Waals surface area contributed by atoms with E-state index in [1.54, 1.807) is 24.5 Å². The SMILES string of the molecule is C[C@@]12CSC(=N1)c1csc(n1)CNC(=O)C[C@@H](/C=C/CCS)OC(=O)[C@H](CC(=O)O)NC2=O. The fourth-order valence-corrected chi connectivity index (χ4v) is 5.12. The van der Waals surface area contributed by atoms with Gasteiger partial charge in [0.1, 0.15) is 33.4 Å². The molecule has 0 spiro atoms. The summed E-state index contributed by atoms with van der Waals surface area (Å²) in [6.45, 7) is 1.81. The number of esters is 1. The quantitative estimate of drug-likeness (QED) is 0.261. The molecule has 3 N–H and O–H groups in total. The normalized spacial score (nSPS) is 26.5. The number of nitrogens with one attached hydrogen (secondary N) is 2. The van der Waals surface area contributed by atoms with E-state index < -0.39 is 42.0 Å². The lowest BCUT2D eigenvalue weighted by molar-refractivity contribution is -0.155. The average molecular weight is 513 g/mol. The number of carboxylic acids is 1. The van der Waals surface area contributed by atoms with Gasteiger partial charge in [-0.05, 0) is 25.2 Å². The summed E-state index contributed by atoms with van der Waals surface area (Å²) >= 11 is 6.83. The number of carbonyl (C=O) groups is 4. The van der Waals surface area contributed by atoms with Gasteiger partial charge in [0.05, 0.1) is 19.4 Å². The van der Waals surface area contributed by atoms with Gasteiger partial charge >= 0.3 is 11.9 Å². The highest BCUT2D eigenvalue weighted by Crippen LogP contribution is 2.32. The van der Waals surface area contributed by atoms with Crippen LogP contribution in [0.15, 0.2) is 22.5 Å². The first-order valence-corrected chi connectivity index (χ1v) is 12.6. The molecule has 3 atom stereocenters. The van der Waals surface area contributed by atoms with Crippen LogP contribution in [0.2, 0.25) is 0 Å². The van der Waals surface area contributed by atoms with Crippen LogP contribution in [0.3, 0.4) is 0 Å². The molecule has 3 heterocycles. The molecule has 10 nitrogen and oxygen atoms in total. The Bertz CT molecular complexity index is 994. The third-order valence-corrected chi connectivity index (χ3v) is 7.19. The molecule has 0 fully saturated rings. The summed E-state index contributed by atoms with van der Waals surface area (Å²) in [5, 5.41) is 17.5. The first kappa shape index (κ1) is 25.2. The van der Waals surface area contributed by atoms with Gasteiger partial charge < -0.3 is 20.5 Å². The number of nitrogens with zero attached hydrogens (tertiary/aromatic N) is 2. The Morgan fingerprint density at radius 3 is 2.94 bits per heavy atom. The Kier molecular flexibility index (Phi) is 8.54. The molecule has 4 bridgehead atoms. The van der Waals surface area contributed by atoms with Crippen molar-refractivity contribution in [2.75, 3.05) is 11.5 Å². The lowest BCUT2D eigenvalue weighted by Gasteiger charge is -2.24. The second kappa shape index (κ2) is 11.2. The first-order chi connectivity index (χ1) is 15.7. The number of allylic oxidation sites excluding steroid dienone is 1. The van der Waals surface area contributed by atoms with E-state index in [1.165, 1.54) is 23.1 Å². The fraction of sp³-hybridized carbons (Fsp3) is 0.500. The highest BCUT2D eigenvalue weighted by atomic mass is 32.2. The topological polar surface area (TPSA) is 147 Å². The van der Waals surface area contributed by atoms with E-state index in [0.717, 1.165) is 0 Å². The van der Waals surface area contributed by atoms with Gasteiger partial charge in [0.15, 0.2) is 0 Å². The number of thioether (sulfide) groups is 1. The molecule has 0 radical (unpaired) electrons. The Hall–Kier alpha value is -2.38. The number of carbonyl (C=O) groups excluding carboxylic acids is 3. The number of ether oxygens (including phenoxy) is 1. The van der Waals surface area contributed by atoms with Gasteiger partial charge in [0.25, 0.3) is 0 Å². The van der Waals surface area contributed by atoms with Crippen molar-refractivity contribution in [3.05, 3.63) is 28.2 Å². The summed E-state index contributed by atoms with van der Waals surface area (Å²) in [6.07, 6.45) is 2.10. The highest BCUT2D eigenvalue weighted by Gasteiger charge is 2.41. The van der Waals surface area contributed by atoms with Crippen LogP contribution >= 0.6 is 35.7 Å². The van der Waals surface area contributed by atoms with E-state index in [2.05, 4.69) is 33.2 Å². The van der Waals surface area contributed by atoms with Crippen LogP contribution in [0.4, 0.5) is 0 Å². The number of thiol groups is 1. The van der Waals surface area contributed by atoms with Crippen LogP contribution in [0.1, 0.15) is 36.9 Å². The smallest absolute Gasteiger partial charge is 0.329 e. The minimum atomic E-state index is -1.43. The highest BCUT2D eigenvalue weighted by molar-refractivity contribution is 8.14. The van der Waals surface area contributed by atoms with Crippen molar-refractivity contribution in [1.82, 2.24) is 15.6 Å². The molecule has 33 heavy (non-hydrogen) atoms. The van der Waals surface area contributed by atoms with Gasteiger partial charge in [0.2, 0.25) is 11.8 Å². The average Bonchev–Trinajstić information content (AvgIpc) is 3.38. The van der Waals surface area contributed by atoms with Gasteiger partial charge in [-0.25, -0.2) is 9.78 Å². The van der Waals surface area contributed by atoms with E-state index in [1.807, 2.05) is 0 Å². The van der Waals surface area contributed by atoms with Gasteiger partial charge in [-0.3, -0.25) is 19.4 Å². The molecule has 3 rings (SSSR count). The van der Waals surface area contributed by atoms with E-state index in [9.17, 15) is 24.3 Å². The zero-order valence-corrected chi connectivity index (χ0v) is 20.3. The molecule has 2 aliphatic heterocycles. The molecule has 0 unspecified atom stereocenters. The van der Waals surface area contributed by atoms with Crippen LogP contribution < -0.4 is 10.6 Å². The molecule has 0 aliphatic carbocycles. The summed E-state index contributed by atoms with van der Waals surface area (Å²) in [7, 11) is 0. The largest absolute Gasteiger partial charge is 0.481 e. The Balaban J connectivity index is 1.92. The molecule has 2 aliphatic rings. The molecule has 178 valence electrons. The standard InChI is InChI=1S/C20H24N4O6S3/c1-20-10-33-17(24-20)13-9-32-15(22-13)8-21-14(25)6-11(4-2-3-5-31)30-18(28)12(7-16(26)27)23-19(20)29/h2,4,9,11-12,31H,3,5-8,10H2,1H3,(H,21,25)(H,23,29)(H,26,27)/b4-2+/t11-,12+,20+/m1/s1. The number of cyclic esters (lactones) is 1. The third kappa shape index (κ3) is 6.81. The summed E-state index contributed by atoms with van der Waals surface area (Å²) in [5.74, 6) is -2.31. The van der Waals surface area contributed by atoms with Crippen molar-refractivity contribution in [1.29, 1.82) is 0 Å². The number of aromatic nitrogens is 1. The van der Waals surface area contributed by atoms with Crippen molar-refractivity contribution in [2.24, 2.45) is 4.99 Å². The van der Waals surface area contributed by atoms with E-state index in [0.29, 0.717) is 33.7 Å². The number of hydrogen-bond donors (Lipinski definition) is 4. The summed E-state index contributed by atoms with van der Waals surface area (Å²) in [6, 6.07) is -1.43. The lowest BCUT2D eigenvalue weighted by Crippen LogP contribution is -2.52. The van der Waals surface area contributed by atoms with Crippen LogP contribution in [0, 0.1) is 0 Å². The molecule has 1 aromatic heterocycles. The number of aliphatic carboxylic acids is 1. The molecule has 0 aromatic carbocycles. The van der Waals surface area contributed by atoms with Crippen molar-refractivity contribution >= 4 is 64.5 Å². The second-order valence-corrected chi connectivity index (χ2v) is 9.98. The predicted molar refractivity (Wildman–Crippen MR) is 128 cm³/mol. The zero-order valence-electron chi connectivity index (χ0n) is 17.8. The molecule has 13 heteroatoms. The van der Waals surface area contributed by atoms with Gasteiger partial charge in [-0.15, -0.1) is 23.1 Å². The van der Waals surface area contributed by atoms with Crippen molar-refractivity contribution in [3.63, 3.8) is 0 Å². The number of rotatable bonds is 5. The maximum atomic E-state index is 13.0. The monoisotopic (exact) mass is 512 g/mol. The number of thiazole rings is 1. The van der Waals surface area contributed by atoms with Crippen LogP contribution in [0.5, 0.6) is 0 Å². The lowest BCUT2D eigenvalue weighted by atomic mass is 10.0. The maximum absolute atomic E-state index is 13.0. The molecule has 0 saturated heterocycles. The maximum Gasteiger partial charge on any atom is 0.329 e. The van der Waals surface area contributed by atoms with Gasteiger partial charge in [-0.1, -0.05) is 6.08 Å². The van der Waals surface area contributed by atoms with Gasteiger partial charge in [-0.2, -0.15) is 12.6 Å². The van der Waals surface area contributed by atoms with E-state index in [4.69, 9.17) is 4.74 Å². The third-order valence-electron chi connectivity index (χ3n) is 4.80. The van der Waals surface area contributed by atoms with E-state index in [-0.39, 0.29) is 18.9 Å². The van der Waals surface area contributed by atoms with Crippen LogP contribution in [-0.4, -0.2) is 68.1 Å². The molecule has 2 amide bonds. The minimum Gasteiger partial charge on any atom is -0.481 e. The van der Waals surface area contributed by atoms with E-state index >= 15 is 0 Å². The molecular weight excluding hydrogens is 488 g/mol. The minimum absolute atomic E-state index is 0.166. The number of fused-ring (bicyclic) bond motifs is 4. The molecule has 0 saturated carbocycles. The summed E-state index contributed by atoms with van der Waals surface area (Å²) in [4.78, 5) is 58.6. The summed E-state index contributed by atoms with van der Waals surface area (Å²) < 4.78 is 5.43. The Morgan fingerprint density at radius 1 is 1.42 bits per heavy atom. The van der Waals surface area contributed by atoms with Crippen molar-refractivity contribution in [3.8, 4) is 0 Å². The molecule has 1 aromatic rings. The second-order valence-electron chi connectivity index (χ2n) is 7.63. The first-order valence-electron chi connectivity index (χ1n) is 10.1. The molecular formula is C20H24N4O6S3. The predicted octanol–water partition coefficient (Wildman–Crippen LogP) is 1.16. The Labute approximate surface area is 204 Å². The number of carboxylic acid groups (broad SMARTS) is 1. The zero-order chi connectivity index (χ0) is 24.0. The van der Waals surface area contributed by atoms with Crippen molar-refractivity contribution in [2.45, 2.75) is 50.4 Å². The van der Waals surface area contributed by atoms with Gasteiger partial charge in [0, 0.05) is 11.1 Å². The fourth-order valence-electron chi connectivity index (χ4n) is 3.05. The van der Waals surface area contributed by atoms with Crippen LogP contribution in [-0.2, 0) is 30.5 Å². The number of hydrogen-bond acceptors (Lipinski definition) is 10.